The van der Waals surface area contributed by atoms with Gasteiger partial charge in [0.05, 0.1) is 16.9 Å². The number of nitrogen functional groups attached to an aromatic ring is 1. The first kappa shape index (κ1) is 12.1. The van der Waals surface area contributed by atoms with Crippen LogP contribution in [-0.2, 0) is 0 Å². The summed E-state index contributed by atoms with van der Waals surface area (Å²) in [7, 11) is 2.02. The van der Waals surface area contributed by atoms with Gasteiger partial charge in [0.1, 0.15) is 0 Å². The summed E-state index contributed by atoms with van der Waals surface area (Å²) >= 11 is 1.95. The average molecular weight is 251 g/mol. The van der Waals surface area contributed by atoms with Gasteiger partial charge >= 0.3 is 0 Å². The number of carbonyl (C=O) groups excluding carboxylic acids is 1. The summed E-state index contributed by atoms with van der Waals surface area (Å²) in [6.07, 6.45) is 1.15. The van der Waals surface area contributed by atoms with Crippen LogP contribution in [-0.4, -0.2) is 30.5 Å². The first-order chi connectivity index (χ1) is 8.11. The van der Waals surface area contributed by atoms with Gasteiger partial charge in [0.15, 0.2) is 0 Å². The number of amides is 1. The lowest BCUT2D eigenvalue weighted by Gasteiger charge is -2.27. The van der Waals surface area contributed by atoms with E-state index >= 15 is 0 Å². The first-order valence-electron chi connectivity index (χ1n) is 5.60. The third-order valence-corrected chi connectivity index (χ3v) is 4.33. The van der Waals surface area contributed by atoms with Crippen LogP contribution >= 0.6 is 11.8 Å². The molecule has 1 aliphatic heterocycles. The summed E-state index contributed by atoms with van der Waals surface area (Å²) in [6.45, 7) is 0. The molecular weight excluding hydrogens is 234 g/mol. The normalized spacial score (nSPS) is 19.2. The molecular formula is C12H17N3OS. The molecule has 0 saturated carbocycles. The number of thioether (sulfide) groups is 1. The number of para-hydroxylation sites is 1. The minimum Gasteiger partial charge on any atom is -0.396 e. The van der Waals surface area contributed by atoms with Gasteiger partial charge in [-0.15, -0.1) is 0 Å². The summed E-state index contributed by atoms with van der Waals surface area (Å²) in [4.78, 5) is 13.4. The molecule has 1 aromatic rings. The lowest BCUT2D eigenvalue weighted by atomic mass is 10.1. The molecule has 2 rings (SSSR count). The van der Waals surface area contributed by atoms with Crippen molar-refractivity contribution in [1.29, 1.82) is 0 Å². The number of benzene rings is 1. The predicted molar refractivity (Wildman–Crippen MR) is 73.5 cm³/mol. The number of nitrogens with zero attached hydrogens (tertiary/aromatic N) is 1. The molecule has 1 saturated heterocycles. The maximum absolute atomic E-state index is 11.2. The molecule has 0 radical (unpaired) electrons. The quantitative estimate of drug-likeness (QED) is 0.794. The van der Waals surface area contributed by atoms with Gasteiger partial charge in [-0.25, -0.2) is 0 Å². The summed E-state index contributed by atoms with van der Waals surface area (Å²) < 4.78 is 0. The second kappa shape index (κ2) is 4.87. The van der Waals surface area contributed by atoms with Crippen LogP contribution in [0.5, 0.6) is 0 Å². The second-order valence-electron chi connectivity index (χ2n) is 4.23. The number of hydrogen-bond acceptors (Lipinski definition) is 4. The van der Waals surface area contributed by atoms with Crippen LogP contribution < -0.4 is 16.4 Å². The van der Waals surface area contributed by atoms with E-state index in [9.17, 15) is 4.79 Å². The van der Waals surface area contributed by atoms with Crippen LogP contribution in [0.3, 0.4) is 0 Å². The summed E-state index contributed by atoms with van der Waals surface area (Å²) in [5.41, 5.74) is 13.1. The van der Waals surface area contributed by atoms with Crippen molar-refractivity contribution >= 4 is 29.0 Å². The predicted octanol–water partition coefficient (Wildman–Crippen LogP) is 1.31. The minimum absolute atomic E-state index is 0.403. The lowest BCUT2D eigenvalue weighted by molar-refractivity contribution is 0.100. The second-order valence-corrected chi connectivity index (χ2v) is 5.38. The molecule has 1 unspecified atom stereocenters. The van der Waals surface area contributed by atoms with E-state index in [2.05, 4.69) is 4.90 Å². The van der Waals surface area contributed by atoms with E-state index in [0.29, 0.717) is 17.3 Å². The Labute approximate surface area is 105 Å². The number of carbonyl (C=O) groups is 1. The molecule has 17 heavy (non-hydrogen) atoms. The van der Waals surface area contributed by atoms with Gasteiger partial charge in [0.25, 0.3) is 5.91 Å². The Kier molecular flexibility index (Phi) is 3.47. The molecule has 1 amide bonds. The van der Waals surface area contributed by atoms with Gasteiger partial charge in [-0.2, -0.15) is 11.8 Å². The third kappa shape index (κ3) is 2.34. The van der Waals surface area contributed by atoms with Crippen LogP contribution in [0.2, 0.25) is 0 Å². The highest BCUT2D eigenvalue weighted by atomic mass is 32.2. The fourth-order valence-electron chi connectivity index (χ4n) is 2.10. The van der Waals surface area contributed by atoms with E-state index in [1.807, 2.05) is 30.9 Å². The van der Waals surface area contributed by atoms with Crippen LogP contribution in [0.15, 0.2) is 18.2 Å². The van der Waals surface area contributed by atoms with Crippen molar-refractivity contribution in [2.75, 3.05) is 29.2 Å². The van der Waals surface area contributed by atoms with E-state index in [1.165, 1.54) is 5.75 Å². The zero-order valence-electron chi connectivity index (χ0n) is 9.85. The molecule has 4 nitrogen and oxygen atoms in total. The van der Waals surface area contributed by atoms with Crippen LogP contribution in [0.25, 0.3) is 0 Å². The number of nitrogens with two attached hydrogens (primary N) is 2. The number of anilines is 2. The minimum atomic E-state index is -0.474. The fraction of sp³-hybridized carbons (Fsp3) is 0.417. The maximum Gasteiger partial charge on any atom is 0.250 e. The Morgan fingerprint density at radius 1 is 1.53 bits per heavy atom. The van der Waals surface area contributed by atoms with Crippen molar-refractivity contribution in [2.45, 2.75) is 12.5 Å². The average Bonchev–Trinajstić information content (AvgIpc) is 2.81. The highest BCUT2D eigenvalue weighted by Gasteiger charge is 2.22. The summed E-state index contributed by atoms with van der Waals surface area (Å²) in [6, 6.07) is 5.92. The van der Waals surface area contributed by atoms with Gasteiger partial charge in [-0.3, -0.25) is 4.79 Å². The van der Waals surface area contributed by atoms with E-state index in [-0.39, 0.29) is 0 Å². The Balaban J connectivity index is 2.31. The van der Waals surface area contributed by atoms with Gasteiger partial charge in [0.2, 0.25) is 0 Å². The topological polar surface area (TPSA) is 72.3 Å². The van der Waals surface area contributed by atoms with Crippen molar-refractivity contribution in [3.05, 3.63) is 23.8 Å². The van der Waals surface area contributed by atoms with Crippen molar-refractivity contribution in [3.8, 4) is 0 Å². The molecule has 1 heterocycles. The van der Waals surface area contributed by atoms with Crippen molar-refractivity contribution < 1.29 is 4.79 Å². The highest BCUT2D eigenvalue weighted by Crippen LogP contribution is 2.31. The molecule has 4 N–H and O–H groups in total. The van der Waals surface area contributed by atoms with Crippen molar-refractivity contribution in [1.82, 2.24) is 0 Å². The van der Waals surface area contributed by atoms with Gasteiger partial charge in [-0.1, -0.05) is 6.07 Å². The van der Waals surface area contributed by atoms with Crippen LogP contribution in [0.4, 0.5) is 11.4 Å². The maximum atomic E-state index is 11.2. The summed E-state index contributed by atoms with van der Waals surface area (Å²) in [5, 5.41) is 0. The Morgan fingerprint density at radius 3 is 2.88 bits per heavy atom. The van der Waals surface area contributed by atoms with Gasteiger partial charge in [0, 0.05) is 18.8 Å². The molecule has 0 aromatic heterocycles. The van der Waals surface area contributed by atoms with Crippen LogP contribution in [0, 0.1) is 0 Å². The fourth-order valence-corrected chi connectivity index (χ4v) is 3.37. The highest BCUT2D eigenvalue weighted by molar-refractivity contribution is 7.99. The first-order valence-corrected chi connectivity index (χ1v) is 6.75. The van der Waals surface area contributed by atoms with E-state index in [1.54, 1.807) is 6.07 Å². The Morgan fingerprint density at radius 2 is 2.29 bits per heavy atom. The molecule has 1 aromatic carbocycles. The van der Waals surface area contributed by atoms with Gasteiger partial charge in [-0.05, 0) is 24.3 Å². The lowest BCUT2D eigenvalue weighted by Crippen LogP contribution is -2.32. The van der Waals surface area contributed by atoms with E-state index in [4.69, 9.17) is 11.5 Å². The largest absolute Gasteiger partial charge is 0.396 e. The Hall–Kier alpha value is -1.36. The molecule has 1 fully saturated rings. The molecule has 1 atom stereocenters. The standard InChI is InChI=1S/C12H17N3OS/c1-15(8-5-6-17-7-8)10-4-2-3-9(11(10)13)12(14)16/h2-4,8H,5-7,13H2,1H3,(H2,14,16). The number of primary amides is 1. The zero-order chi connectivity index (χ0) is 12.4. The molecule has 1 aliphatic rings. The molecule has 5 heteroatoms. The zero-order valence-corrected chi connectivity index (χ0v) is 10.7. The molecule has 92 valence electrons. The molecule has 0 bridgehead atoms. The Bertz CT molecular complexity index is 430. The van der Waals surface area contributed by atoms with Crippen LogP contribution in [0.1, 0.15) is 16.8 Å². The monoisotopic (exact) mass is 251 g/mol. The van der Waals surface area contributed by atoms with Crippen molar-refractivity contribution in [3.63, 3.8) is 0 Å². The van der Waals surface area contributed by atoms with Gasteiger partial charge < -0.3 is 16.4 Å². The summed E-state index contributed by atoms with van der Waals surface area (Å²) in [5.74, 6) is 1.82. The number of rotatable bonds is 3. The van der Waals surface area contributed by atoms with Crippen molar-refractivity contribution in [2.24, 2.45) is 5.73 Å². The smallest absolute Gasteiger partial charge is 0.250 e. The van der Waals surface area contributed by atoms with E-state index in [0.717, 1.165) is 17.9 Å². The molecule has 0 aliphatic carbocycles. The number of hydrogen-bond donors (Lipinski definition) is 2. The SMILES string of the molecule is CN(c1cccc(C(N)=O)c1N)C1CCSC1. The molecule has 0 spiro atoms. The van der Waals surface area contributed by atoms with E-state index < -0.39 is 5.91 Å². The third-order valence-electron chi connectivity index (χ3n) is 3.18.